The van der Waals surface area contributed by atoms with Crippen LogP contribution in [0.4, 0.5) is 0 Å². The summed E-state index contributed by atoms with van der Waals surface area (Å²) in [5, 5.41) is 0. The molecule has 2 unspecified atom stereocenters. The monoisotopic (exact) mass is 323 g/mol. The van der Waals surface area contributed by atoms with Crippen molar-refractivity contribution in [2.24, 2.45) is 11.8 Å². The van der Waals surface area contributed by atoms with Gasteiger partial charge in [0, 0.05) is 25.7 Å². The van der Waals surface area contributed by atoms with E-state index in [1.807, 2.05) is 13.0 Å². The number of allylic oxidation sites excluding steroid dienone is 3. The summed E-state index contributed by atoms with van der Waals surface area (Å²) in [7, 11) is 2.05. The first-order chi connectivity index (χ1) is 10.8. The minimum Gasteiger partial charge on any atom is -0.378 e. The Balaban J connectivity index is -0.000000296. The molecule has 0 bridgehead atoms. The summed E-state index contributed by atoms with van der Waals surface area (Å²) in [6, 6.07) is 0. The van der Waals surface area contributed by atoms with Gasteiger partial charge in [-0.25, -0.2) is 0 Å². The third-order valence-corrected chi connectivity index (χ3v) is 3.57. The Morgan fingerprint density at radius 1 is 1.04 bits per heavy atom. The van der Waals surface area contributed by atoms with Gasteiger partial charge in [0.05, 0.1) is 0 Å². The van der Waals surface area contributed by atoms with Gasteiger partial charge in [0.25, 0.3) is 0 Å². The molecule has 2 atom stereocenters. The SMILES string of the molecule is C=C/C(=C\C)CC(=C)N(C)CC.CC1CC1C.CCC.CCC. The lowest BCUT2D eigenvalue weighted by Crippen LogP contribution is -2.16. The number of hydrogen-bond acceptors (Lipinski definition) is 1. The molecule has 0 saturated heterocycles. The van der Waals surface area contributed by atoms with Gasteiger partial charge in [-0.15, -0.1) is 0 Å². The van der Waals surface area contributed by atoms with Gasteiger partial charge in [-0.05, 0) is 37.7 Å². The topological polar surface area (TPSA) is 3.24 Å². The quantitative estimate of drug-likeness (QED) is 0.474. The first kappa shape index (κ1) is 26.9. The molecule has 1 fully saturated rings. The number of nitrogens with zero attached hydrogens (tertiary/aromatic N) is 1. The lowest BCUT2D eigenvalue weighted by molar-refractivity contribution is 0.434. The Hall–Kier alpha value is -0.980. The molecular weight excluding hydrogens is 278 g/mol. The lowest BCUT2D eigenvalue weighted by Gasteiger charge is -2.19. The van der Waals surface area contributed by atoms with Crippen LogP contribution in [0.5, 0.6) is 0 Å². The molecule has 0 spiro atoms. The summed E-state index contributed by atoms with van der Waals surface area (Å²) in [5.74, 6) is 2.10. The maximum absolute atomic E-state index is 4.00. The van der Waals surface area contributed by atoms with Gasteiger partial charge in [-0.1, -0.05) is 79.7 Å². The highest BCUT2D eigenvalue weighted by Gasteiger charge is 2.26. The zero-order valence-electron chi connectivity index (χ0n) is 17.7. The molecule has 0 aromatic heterocycles. The fourth-order valence-electron chi connectivity index (χ4n) is 1.39. The molecule has 0 aromatic carbocycles. The van der Waals surface area contributed by atoms with Crippen LogP contribution in [-0.2, 0) is 0 Å². The van der Waals surface area contributed by atoms with Crippen LogP contribution in [0.25, 0.3) is 0 Å². The van der Waals surface area contributed by atoms with Crippen molar-refractivity contribution in [1.29, 1.82) is 0 Å². The normalized spacial score (nSPS) is 18.0. The molecule has 1 aliphatic rings. The molecule has 1 saturated carbocycles. The minimum absolute atomic E-state index is 0.907. The highest BCUT2D eigenvalue weighted by Crippen LogP contribution is 2.36. The van der Waals surface area contributed by atoms with E-state index in [4.69, 9.17) is 0 Å². The summed E-state index contributed by atoms with van der Waals surface area (Å²) in [6.45, 7) is 26.0. The van der Waals surface area contributed by atoms with Crippen molar-refractivity contribution in [3.63, 3.8) is 0 Å². The van der Waals surface area contributed by atoms with Crippen molar-refractivity contribution in [1.82, 2.24) is 4.90 Å². The van der Waals surface area contributed by atoms with Crippen LogP contribution in [0, 0.1) is 11.8 Å². The van der Waals surface area contributed by atoms with E-state index in [1.165, 1.54) is 24.8 Å². The molecular formula is C22H45N. The Kier molecular flexibility index (Phi) is 22.3. The second-order valence-electron chi connectivity index (χ2n) is 6.43. The van der Waals surface area contributed by atoms with Crippen molar-refractivity contribution in [3.8, 4) is 0 Å². The molecule has 0 aliphatic heterocycles. The third-order valence-electron chi connectivity index (χ3n) is 3.57. The molecule has 0 N–H and O–H groups in total. The fourth-order valence-corrected chi connectivity index (χ4v) is 1.39. The Morgan fingerprint density at radius 2 is 1.39 bits per heavy atom. The maximum atomic E-state index is 4.00. The molecule has 1 aliphatic carbocycles. The number of rotatable bonds is 5. The van der Waals surface area contributed by atoms with E-state index >= 15 is 0 Å². The van der Waals surface area contributed by atoms with Crippen LogP contribution in [0.1, 0.15) is 81.1 Å². The van der Waals surface area contributed by atoms with Gasteiger partial charge < -0.3 is 4.90 Å². The molecule has 23 heavy (non-hydrogen) atoms. The predicted molar refractivity (Wildman–Crippen MR) is 111 cm³/mol. The second-order valence-corrected chi connectivity index (χ2v) is 6.43. The van der Waals surface area contributed by atoms with E-state index in [-0.39, 0.29) is 0 Å². The highest BCUT2D eigenvalue weighted by atomic mass is 15.1. The summed E-state index contributed by atoms with van der Waals surface area (Å²) in [4.78, 5) is 2.15. The molecule has 0 aromatic rings. The smallest absolute Gasteiger partial charge is 0.0143 e. The van der Waals surface area contributed by atoms with Crippen molar-refractivity contribution in [3.05, 3.63) is 36.6 Å². The lowest BCUT2D eigenvalue weighted by atomic mass is 10.1. The van der Waals surface area contributed by atoms with Crippen LogP contribution in [0.15, 0.2) is 36.6 Å². The van der Waals surface area contributed by atoms with E-state index in [0.717, 1.165) is 30.5 Å². The molecule has 1 rings (SSSR count). The third kappa shape index (κ3) is 21.0. The molecule has 0 amide bonds. The van der Waals surface area contributed by atoms with Crippen LogP contribution in [0.3, 0.4) is 0 Å². The van der Waals surface area contributed by atoms with Crippen molar-refractivity contribution >= 4 is 0 Å². The molecule has 0 radical (unpaired) electrons. The van der Waals surface area contributed by atoms with Gasteiger partial charge in [-0.2, -0.15) is 0 Å². The maximum Gasteiger partial charge on any atom is 0.0143 e. The average molecular weight is 324 g/mol. The first-order valence-corrected chi connectivity index (χ1v) is 9.45. The predicted octanol–water partition coefficient (Wildman–Crippen LogP) is 7.47. The molecule has 138 valence electrons. The zero-order valence-corrected chi connectivity index (χ0v) is 17.7. The Labute approximate surface area is 148 Å². The van der Waals surface area contributed by atoms with Crippen LogP contribution in [-0.4, -0.2) is 18.5 Å². The Bertz CT molecular complexity index is 293. The zero-order chi connectivity index (χ0) is 18.8. The van der Waals surface area contributed by atoms with E-state index < -0.39 is 0 Å². The summed E-state index contributed by atoms with van der Waals surface area (Å²) >= 11 is 0. The van der Waals surface area contributed by atoms with Gasteiger partial charge in [-0.3, -0.25) is 0 Å². The van der Waals surface area contributed by atoms with Gasteiger partial charge >= 0.3 is 0 Å². The van der Waals surface area contributed by atoms with Gasteiger partial charge in [0.15, 0.2) is 0 Å². The molecule has 0 heterocycles. The average Bonchev–Trinajstić information content (AvgIpc) is 3.18. The van der Waals surface area contributed by atoms with E-state index in [1.54, 1.807) is 0 Å². The van der Waals surface area contributed by atoms with E-state index in [0.29, 0.717) is 0 Å². The van der Waals surface area contributed by atoms with E-state index in [9.17, 15) is 0 Å². The standard InChI is InChI=1S/C11H19N.C5H10.2C3H8/c1-6-11(7-2)9-10(4)12(5)8-3;1-4-3-5(4)2;2*1-3-2/h6-7H,1,4,8-9H2,2-3,5H3;4-5H,3H2,1-2H3;2*3H2,1-2H3/b11-7+;;;. The van der Waals surface area contributed by atoms with Gasteiger partial charge in [0.1, 0.15) is 0 Å². The van der Waals surface area contributed by atoms with Crippen LogP contribution in [0.2, 0.25) is 0 Å². The molecule has 1 heteroatoms. The van der Waals surface area contributed by atoms with Gasteiger partial charge in [0.2, 0.25) is 0 Å². The van der Waals surface area contributed by atoms with Crippen LogP contribution >= 0.6 is 0 Å². The summed E-state index contributed by atoms with van der Waals surface area (Å²) in [6.07, 6.45) is 8.83. The minimum atomic E-state index is 0.907. The fraction of sp³-hybridized carbons (Fsp3) is 0.727. The van der Waals surface area contributed by atoms with Crippen LogP contribution < -0.4 is 0 Å². The summed E-state index contributed by atoms with van der Waals surface area (Å²) < 4.78 is 0. The van der Waals surface area contributed by atoms with Crippen molar-refractivity contribution in [2.75, 3.05) is 13.6 Å². The largest absolute Gasteiger partial charge is 0.378 e. The van der Waals surface area contributed by atoms with Crippen molar-refractivity contribution in [2.45, 2.75) is 81.1 Å². The number of hydrogen-bond donors (Lipinski definition) is 0. The first-order valence-electron chi connectivity index (χ1n) is 9.45. The van der Waals surface area contributed by atoms with Crippen molar-refractivity contribution < 1.29 is 0 Å². The second kappa shape index (κ2) is 19.1. The summed E-state index contributed by atoms with van der Waals surface area (Å²) in [5.41, 5.74) is 2.38. The van der Waals surface area contributed by atoms with E-state index in [2.05, 4.69) is 79.6 Å². The highest BCUT2D eigenvalue weighted by molar-refractivity contribution is 5.21. The molecule has 1 nitrogen and oxygen atoms in total. The Morgan fingerprint density at radius 3 is 1.57 bits per heavy atom.